The summed E-state index contributed by atoms with van der Waals surface area (Å²) in [5, 5.41) is 3.34. The molecule has 3 saturated heterocycles. The number of nitrogens with zero attached hydrogens (tertiary/aromatic N) is 2. The third-order valence-corrected chi connectivity index (χ3v) is 3.75. The van der Waals surface area contributed by atoms with Gasteiger partial charge >= 0.3 is 0 Å². The molecule has 0 spiro atoms. The van der Waals surface area contributed by atoms with Crippen molar-refractivity contribution in [1.82, 2.24) is 15.1 Å². The molecule has 15 heavy (non-hydrogen) atoms. The Morgan fingerprint density at radius 2 is 1.80 bits per heavy atom. The Hall–Kier alpha value is 0.130. The minimum Gasteiger partial charge on any atom is -0.378 e. The van der Waals surface area contributed by atoms with Crippen LogP contribution < -0.4 is 5.32 Å². The Balaban J connectivity index is 0.000000853. The van der Waals surface area contributed by atoms with Crippen LogP contribution in [0.5, 0.6) is 0 Å². The molecule has 0 aromatic rings. The van der Waals surface area contributed by atoms with Crippen molar-refractivity contribution in [2.75, 3.05) is 52.5 Å². The number of nitrogens with one attached hydrogen (secondary N) is 1. The van der Waals surface area contributed by atoms with Crippen molar-refractivity contribution in [3.63, 3.8) is 0 Å². The predicted octanol–water partition coefficient (Wildman–Crippen LogP) is -0.604. The number of ether oxygens (including phenoxy) is 1. The summed E-state index contributed by atoms with van der Waals surface area (Å²) < 4.78 is 5.53. The van der Waals surface area contributed by atoms with Crippen LogP contribution in [0.2, 0.25) is 0 Å². The maximum atomic E-state index is 5.53. The average molecular weight is 234 g/mol. The van der Waals surface area contributed by atoms with Crippen molar-refractivity contribution in [2.24, 2.45) is 0 Å². The maximum Gasteiger partial charge on any atom is 0.0634 e. The summed E-state index contributed by atoms with van der Waals surface area (Å²) >= 11 is 0. The number of hydrogen-bond acceptors (Lipinski definition) is 4. The lowest BCUT2D eigenvalue weighted by molar-refractivity contribution is -0.0572. The summed E-state index contributed by atoms with van der Waals surface area (Å²) in [5.41, 5.74) is 0. The Morgan fingerprint density at radius 1 is 1.00 bits per heavy atom. The van der Waals surface area contributed by atoms with E-state index in [4.69, 9.17) is 4.74 Å². The van der Waals surface area contributed by atoms with E-state index in [2.05, 4.69) is 15.1 Å². The van der Waals surface area contributed by atoms with Crippen LogP contribution in [0.25, 0.3) is 0 Å². The van der Waals surface area contributed by atoms with Gasteiger partial charge in [-0.2, -0.15) is 0 Å². The van der Waals surface area contributed by atoms with E-state index >= 15 is 0 Å². The van der Waals surface area contributed by atoms with Crippen molar-refractivity contribution in [3.05, 3.63) is 0 Å². The minimum atomic E-state index is 0. The number of piperazine rings is 1. The molecule has 3 aliphatic heterocycles. The van der Waals surface area contributed by atoms with Gasteiger partial charge in [0.15, 0.2) is 0 Å². The summed E-state index contributed by atoms with van der Waals surface area (Å²) in [5.74, 6) is 0. The van der Waals surface area contributed by atoms with Gasteiger partial charge < -0.3 is 10.1 Å². The first-order chi connectivity index (χ1) is 6.93. The second-order valence-electron chi connectivity index (χ2n) is 4.57. The molecule has 0 amide bonds. The number of hydrogen-bond donors (Lipinski definition) is 1. The van der Waals surface area contributed by atoms with E-state index in [0.717, 1.165) is 25.8 Å². The van der Waals surface area contributed by atoms with Gasteiger partial charge in [-0.25, -0.2) is 0 Å². The molecule has 1 N–H and O–H groups in total. The summed E-state index contributed by atoms with van der Waals surface area (Å²) in [7, 11) is 0. The standard InChI is InChI=1S/C10H19N3O.ClH/c1-2-13(9-5-11-6-9)7-10-8-14-4-3-12(1)10;/h9-11H,1-8H2;1H. The molecular formula is C10H20ClN3O. The highest BCUT2D eigenvalue weighted by Gasteiger charge is 2.34. The van der Waals surface area contributed by atoms with E-state index in [-0.39, 0.29) is 12.4 Å². The molecule has 0 aromatic heterocycles. The third-order valence-electron chi connectivity index (χ3n) is 3.75. The average Bonchev–Trinajstić information content (AvgIpc) is 2.15. The molecule has 4 nitrogen and oxygen atoms in total. The van der Waals surface area contributed by atoms with E-state index in [1.165, 1.54) is 32.7 Å². The van der Waals surface area contributed by atoms with Crippen LogP contribution in [0.1, 0.15) is 0 Å². The second-order valence-corrected chi connectivity index (χ2v) is 4.57. The molecule has 3 rings (SSSR count). The SMILES string of the molecule is C1CN2CCN(C3CNC3)CC2CO1.Cl. The number of fused-ring (bicyclic) bond motifs is 1. The van der Waals surface area contributed by atoms with Crippen molar-refractivity contribution in [1.29, 1.82) is 0 Å². The van der Waals surface area contributed by atoms with Gasteiger partial charge in [0.1, 0.15) is 0 Å². The van der Waals surface area contributed by atoms with Gasteiger partial charge in [0, 0.05) is 51.4 Å². The quantitative estimate of drug-likeness (QED) is 0.655. The van der Waals surface area contributed by atoms with Crippen LogP contribution in [-0.2, 0) is 4.74 Å². The van der Waals surface area contributed by atoms with Gasteiger partial charge in [-0.05, 0) is 0 Å². The number of rotatable bonds is 1. The van der Waals surface area contributed by atoms with E-state index < -0.39 is 0 Å². The van der Waals surface area contributed by atoms with Crippen molar-refractivity contribution in [2.45, 2.75) is 12.1 Å². The molecule has 0 saturated carbocycles. The van der Waals surface area contributed by atoms with E-state index in [0.29, 0.717) is 6.04 Å². The topological polar surface area (TPSA) is 27.7 Å². The molecule has 0 radical (unpaired) electrons. The minimum absolute atomic E-state index is 0. The fourth-order valence-electron chi connectivity index (χ4n) is 2.63. The first-order valence-corrected chi connectivity index (χ1v) is 5.70. The smallest absolute Gasteiger partial charge is 0.0634 e. The fourth-order valence-corrected chi connectivity index (χ4v) is 2.63. The van der Waals surface area contributed by atoms with Crippen LogP contribution >= 0.6 is 12.4 Å². The summed E-state index contributed by atoms with van der Waals surface area (Å²) in [6, 6.07) is 1.47. The molecule has 5 heteroatoms. The monoisotopic (exact) mass is 233 g/mol. The Kier molecular flexibility index (Phi) is 3.85. The van der Waals surface area contributed by atoms with Crippen molar-refractivity contribution in [3.8, 4) is 0 Å². The summed E-state index contributed by atoms with van der Waals surface area (Å²) in [4.78, 5) is 5.22. The zero-order valence-electron chi connectivity index (χ0n) is 9.02. The highest BCUT2D eigenvalue weighted by molar-refractivity contribution is 5.85. The van der Waals surface area contributed by atoms with Gasteiger partial charge in [0.2, 0.25) is 0 Å². The van der Waals surface area contributed by atoms with Gasteiger partial charge in [-0.1, -0.05) is 0 Å². The van der Waals surface area contributed by atoms with Gasteiger partial charge in [-0.15, -0.1) is 12.4 Å². The van der Waals surface area contributed by atoms with Crippen LogP contribution in [0.15, 0.2) is 0 Å². The molecule has 1 atom stereocenters. The molecule has 3 aliphatic rings. The lowest BCUT2D eigenvalue weighted by atomic mass is 10.1. The largest absolute Gasteiger partial charge is 0.378 e. The van der Waals surface area contributed by atoms with Crippen LogP contribution in [0, 0.1) is 0 Å². The predicted molar refractivity (Wildman–Crippen MR) is 61.7 cm³/mol. The number of morpholine rings is 1. The third kappa shape index (κ3) is 2.29. The maximum absolute atomic E-state index is 5.53. The molecule has 1 unspecified atom stereocenters. The van der Waals surface area contributed by atoms with Gasteiger partial charge in [0.05, 0.1) is 13.2 Å². The lowest BCUT2D eigenvalue weighted by Crippen LogP contribution is -2.65. The zero-order chi connectivity index (χ0) is 9.38. The first-order valence-electron chi connectivity index (χ1n) is 5.70. The van der Waals surface area contributed by atoms with Crippen molar-refractivity contribution >= 4 is 12.4 Å². The molecule has 88 valence electrons. The Morgan fingerprint density at radius 3 is 2.53 bits per heavy atom. The normalized spacial score (nSPS) is 34.0. The van der Waals surface area contributed by atoms with Crippen LogP contribution in [-0.4, -0.2) is 74.4 Å². The lowest BCUT2D eigenvalue weighted by Gasteiger charge is -2.48. The van der Waals surface area contributed by atoms with Crippen LogP contribution in [0.4, 0.5) is 0 Å². The summed E-state index contributed by atoms with van der Waals surface area (Å²) in [6.45, 7) is 9.10. The Labute approximate surface area is 97.3 Å². The summed E-state index contributed by atoms with van der Waals surface area (Å²) in [6.07, 6.45) is 0. The van der Waals surface area contributed by atoms with Gasteiger partial charge in [0.25, 0.3) is 0 Å². The van der Waals surface area contributed by atoms with Gasteiger partial charge in [-0.3, -0.25) is 9.80 Å². The molecule has 0 bridgehead atoms. The molecule has 0 aromatic carbocycles. The van der Waals surface area contributed by atoms with Crippen LogP contribution in [0.3, 0.4) is 0 Å². The molecular weight excluding hydrogens is 214 g/mol. The molecule has 0 aliphatic carbocycles. The molecule has 3 heterocycles. The Bertz CT molecular complexity index is 213. The highest BCUT2D eigenvalue weighted by Crippen LogP contribution is 2.16. The van der Waals surface area contributed by atoms with Crippen molar-refractivity contribution < 1.29 is 4.74 Å². The molecule has 3 fully saturated rings. The fraction of sp³-hybridized carbons (Fsp3) is 1.00. The second kappa shape index (κ2) is 4.97. The number of halogens is 1. The zero-order valence-corrected chi connectivity index (χ0v) is 9.84. The van der Waals surface area contributed by atoms with E-state index in [1.54, 1.807) is 0 Å². The van der Waals surface area contributed by atoms with E-state index in [9.17, 15) is 0 Å². The van der Waals surface area contributed by atoms with E-state index in [1.807, 2.05) is 0 Å². The first kappa shape index (κ1) is 11.6. The highest BCUT2D eigenvalue weighted by atomic mass is 35.5.